The molecule has 1 atom stereocenters. The first kappa shape index (κ1) is 11.7. The Kier molecular flexibility index (Phi) is 3.15. The van der Waals surface area contributed by atoms with Crippen LogP contribution in [0.3, 0.4) is 0 Å². The summed E-state index contributed by atoms with van der Waals surface area (Å²) in [5.41, 5.74) is 7.88. The van der Waals surface area contributed by atoms with Gasteiger partial charge in [0.25, 0.3) is 0 Å². The van der Waals surface area contributed by atoms with E-state index in [0.717, 1.165) is 27.8 Å². The molecular formula is C13H17N3O. The number of fused-ring (bicyclic) bond motifs is 1. The van der Waals surface area contributed by atoms with Crippen LogP contribution in [0, 0.1) is 6.92 Å². The van der Waals surface area contributed by atoms with Crippen LogP contribution in [0.25, 0.3) is 10.8 Å². The maximum atomic E-state index is 9.27. The third-order valence-electron chi connectivity index (χ3n) is 2.77. The second-order valence-corrected chi connectivity index (χ2v) is 4.28. The van der Waals surface area contributed by atoms with E-state index in [1.165, 1.54) is 0 Å². The molecule has 0 amide bonds. The Morgan fingerprint density at radius 3 is 2.82 bits per heavy atom. The van der Waals surface area contributed by atoms with Crippen molar-refractivity contribution in [3.8, 4) is 0 Å². The second-order valence-electron chi connectivity index (χ2n) is 4.28. The summed E-state index contributed by atoms with van der Waals surface area (Å²) < 4.78 is 0. The summed E-state index contributed by atoms with van der Waals surface area (Å²) in [5, 5.41) is 14.4. The van der Waals surface area contributed by atoms with Gasteiger partial charge in [0.2, 0.25) is 0 Å². The van der Waals surface area contributed by atoms with Crippen LogP contribution < -0.4 is 11.1 Å². The number of benzene rings is 1. The minimum absolute atomic E-state index is 0.408. The predicted octanol–water partition coefficient (Wildman–Crippen LogP) is 1.92. The molecule has 0 spiro atoms. The van der Waals surface area contributed by atoms with Gasteiger partial charge in [0.1, 0.15) is 5.82 Å². The molecule has 2 aromatic rings. The van der Waals surface area contributed by atoms with Gasteiger partial charge < -0.3 is 16.2 Å². The van der Waals surface area contributed by atoms with Gasteiger partial charge in [-0.05, 0) is 25.5 Å². The van der Waals surface area contributed by atoms with Crippen LogP contribution in [0.2, 0.25) is 0 Å². The van der Waals surface area contributed by atoms with Gasteiger partial charge in [0, 0.05) is 29.2 Å². The maximum absolute atomic E-state index is 9.27. The predicted molar refractivity (Wildman–Crippen MR) is 71.1 cm³/mol. The van der Waals surface area contributed by atoms with Crippen LogP contribution >= 0.6 is 0 Å². The van der Waals surface area contributed by atoms with Crippen molar-refractivity contribution in [3.05, 3.63) is 30.0 Å². The van der Waals surface area contributed by atoms with Gasteiger partial charge >= 0.3 is 0 Å². The molecule has 0 aliphatic rings. The minimum atomic E-state index is -0.408. The number of rotatable bonds is 3. The molecular weight excluding hydrogens is 214 g/mol. The Hall–Kier alpha value is -1.81. The first-order chi connectivity index (χ1) is 8.09. The van der Waals surface area contributed by atoms with Crippen LogP contribution in [-0.4, -0.2) is 22.7 Å². The number of hydrogen-bond donors (Lipinski definition) is 3. The van der Waals surface area contributed by atoms with Gasteiger partial charge in [-0.25, -0.2) is 4.98 Å². The molecule has 1 aromatic carbocycles. The zero-order valence-corrected chi connectivity index (χ0v) is 10.1. The van der Waals surface area contributed by atoms with Crippen LogP contribution in [0.1, 0.15) is 12.5 Å². The van der Waals surface area contributed by atoms with Crippen LogP contribution in [-0.2, 0) is 0 Å². The average Bonchev–Trinajstić information content (AvgIpc) is 2.31. The molecule has 4 N–H and O–H groups in total. The zero-order valence-electron chi connectivity index (χ0n) is 10.1. The number of nitrogen functional groups attached to an aromatic ring is 1. The Labute approximate surface area is 100 Å². The fraction of sp³-hybridized carbons (Fsp3) is 0.308. The standard InChI is InChI=1S/C13H17N3O/c1-8-3-4-11-10(12(8)14)5-6-15-13(11)16-7-9(2)17/h3-6,9,17H,7,14H2,1-2H3,(H,15,16). The highest BCUT2D eigenvalue weighted by Crippen LogP contribution is 2.28. The number of nitrogens with two attached hydrogens (primary N) is 1. The zero-order chi connectivity index (χ0) is 12.4. The van der Waals surface area contributed by atoms with E-state index in [4.69, 9.17) is 5.73 Å². The van der Waals surface area contributed by atoms with E-state index in [1.54, 1.807) is 13.1 Å². The first-order valence-corrected chi connectivity index (χ1v) is 5.65. The van der Waals surface area contributed by atoms with Crippen LogP contribution in [0.4, 0.5) is 11.5 Å². The van der Waals surface area contributed by atoms with E-state index in [2.05, 4.69) is 10.3 Å². The van der Waals surface area contributed by atoms with Gasteiger partial charge in [-0.3, -0.25) is 0 Å². The van der Waals surface area contributed by atoms with E-state index in [9.17, 15) is 5.11 Å². The van der Waals surface area contributed by atoms with E-state index in [0.29, 0.717) is 6.54 Å². The van der Waals surface area contributed by atoms with Crippen molar-refractivity contribution in [2.75, 3.05) is 17.6 Å². The molecule has 0 aliphatic carbocycles. The Balaban J connectivity index is 2.47. The lowest BCUT2D eigenvalue weighted by Crippen LogP contribution is -2.16. The van der Waals surface area contributed by atoms with E-state index >= 15 is 0 Å². The lowest BCUT2D eigenvalue weighted by molar-refractivity contribution is 0.208. The summed E-state index contributed by atoms with van der Waals surface area (Å²) in [4.78, 5) is 4.27. The van der Waals surface area contributed by atoms with Gasteiger partial charge in [-0.1, -0.05) is 12.1 Å². The largest absolute Gasteiger partial charge is 0.398 e. The summed E-state index contributed by atoms with van der Waals surface area (Å²) >= 11 is 0. The molecule has 2 rings (SSSR count). The summed E-state index contributed by atoms with van der Waals surface area (Å²) in [6.07, 6.45) is 1.32. The normalized spacial score (nSPS) is 12.6. The van der Waals surface area contributed by atoms with Crippen LogP contribution in [0.15, 0.2) is 24.4 Å². The molecule has 4 nitrogen and oxygen atoms in total. The molecule has 0 saturated heterocycles. The number of aryl methyl sites for hydroxylation is 1. The highest BCUT2D eigenvalue weighted by molar-refractivity contribution is 6.00. The Morgan fingerprint density at radius 1 is 1.35 bits per heavy atom. The van der Waals surface area contributed by atoms with Gasteiger partial charge in [0.05, 0.1) is 6.10 Å². The fourth-order valence-electron chi connectivity index (χ4n) is 1.77. The number of pyridine rings is 1. The number of aliphatic hydroxyl groups is 1. The number of nitrogens with one attached hydrogen (secondary N) is 1. The van der Waals surface area contributed by atoms with Crippen molar-refractivity contribution in [2.24, 2.45) is 0 Å². The fourth-order valence-corrected chi connectivity index (χ4v) is 1.77. The molecule has 4 heteroatoms. The van der Waals surface area contributed by atoms with Gasteiger partial charge in [0.15, 0.2) is 0 Å². The number of nitrogens with zero attached hydrogens (tertiary/aromatic N) is 1. The summed E-state index contributed by atoms with van der Waals surface area (Å²) in [7, 11) is 0. The van der Waals surface area contributed by atoms with Crippen molar-refractivity contribution in [2.45, 2.75) is 20.0 Å². The SMILES string of the molecule is Cc1ccc2c(NCC(C)O)nccc2c1N. The smallest absolute Gasteiger partial charge is 0.133 e. The lowest BCUT2D eigenvalue weighted by atomic mass is 10.1. The van der Waals surface area contributed by atoms with Crippen LogP contribution in [0.5, 0.6) is 0 Å². The minimum Gasteiger partial charge on any atom is -0.398 e. The van der Waals surface area contributed by atoms with Crippen molar-refractivity contribution in [3.63, 3.8) is 0 Å². The molecule has 0 radical (unpaired) electrons. The van der Waals surface area contributed by atoms with Crippen molar-refractivity contribution in [1.82, 2.24) is 4.98 Å². The lowest BCUT2D eigenvalue weighted by Gasteiger charge is -2.12. The van der Waals surface area contributed by atoms with Gasteiger partial charge in [-0.15, -0.1) is 0 Å². The van der Waals surface area contributed by atoms with Crippen molar-refractivity contribution in [1.29, 1.82) is 0 Å². The van der Waals surface area contributed by atoms with Crippen molar-refractivity contribution < 1.29 is 5.11 Å². The molecule has 0 bridgehead atoms. The second kappa shape index (κ2) is 4.59. The molecule has 1 heterocycles. The molecule has 1 unspecified atom stereocenters. The molecule has 90 valence electrons. The molecule has 1 aromatic heterocycles. The summed E-state index contributed by atoms with van der Waals surface area (Å²) in [6.45, 7) is 4.19. The molecule has 0 saturated carbocycles. The third-order valence-corrected chi connectivity index (χ3v) is 2.77. The topological polar surface area (TPSA) is 71.2 Å². The third kappa shape index (κ3) is 2.31. The first-order valence-electron chi connectivity index (χ1n) is 5.65. The monoisotopic (exact) mass is 231 g/mol. The van der Waals surface area contributed by atoms with Crippen molar-refractivity contribution >= 4 is 22.3 Å². The average molecular weight is 231 g/mol. The molecule has 0 aliphatic heterocycles. The molecule has 17 heavy (non-hydrogen) atoms. The van der Waals surface area contributed by atoms with E-state index in [-0.39, 0.29) is 0 Å². The highest BCUT2D eigenvalue weighted by atomic mass is 16.3. The summed E-state index contributed by atoms with van der Waals surface area (Å²) in [5.74, 6) is 0.759. The number of aliphatic hydroxyl groups excluding tert-OH is 1. The number of hydrogen-bond acceptors (Lipinski definition) is 4. The Bertz CT molecular complexity index is 537. The molecule has 0 fully saturated rings. The number of aromatic nitrogens is 1. The quantitative estimate of drug-likeness (QED) is 0.706. The Morgan fingerprint density at radius 2 is 2.12 bits per heavy atom. The number of anilines is 2. The summed E-state index contributed by atoms with van der Waals surface area (Å²) in [6, 6.07) is 5.89. The van der Waals surface area contributed by atoms with E-state index in [1.807, 2.05) is 25.1 Å². The maximum Gasteiger partial charge on any atom is 0.133 e. The highest BCUT2D eigenvalue weighted by Gasteiger charge is 2.06. The van der Waals surface area contributed by atoms with E-state index < -0.39 is 6.10 Å². The van der Waals surface area contributed by atoms with Gasteiger partial charge in [-0.2, -0.15) is 0 Å².